The van der Waals surface area contributed by atoms with Gasteiger partial charge in [0.05, 0.1) is 18.0 Å². The van der Waals surface area contributed by atoms with E-state index in [9.17, 15) is 8.42 Å². The van der Waals surface area contributed by atoms with Gasteiger partial charge >= 0.3 is 0 Å². The van der Waals surface area contributed by atoms with Crippen molar-refractivity contribution in [3.05, 3.63) is 42.2 Å². The Bertz CT molecular complexity index is 771. The summed E-state index contributed by atoms with van der Waals surface area (Å²) in [5.41, 5.74) is 3.39. The molecular formula is C16H20N2O3S. The van der Waals surface area contributed by atoms with Crippen molar-refractivity contribution >= 4 is 15.7 Å². The number of benzene rings is 1. The smallest absolute Gasteiger partial charge is 0.235 e. The van der Waals surface area contributed by atoms with E-state index in [1.165, 1.54) is 0 Å². The number of aryl methyl sites for hydroxylation is 1. The van der Waals surface area contributed by atoms with Gasteiger partial charge in [0.25, 0.3) is 0 Å². The Morgan fingerprint density at radius 3 is 2.50 bits per heavy atom. The summed E-state index contributed by atoms with van der Waals surface area (Å²) in [4.78, 5) is 4.14. The first-order chi connectivity index (χ1) is 10.3. The Morgan fingerprint density at radius 1 is 1.18 bits per heavy atom. The molecule has 0 bridgehead atoms. The summed E-state index contributed by atoms with van der Waals surface area (Å²) in [5, 5.41) is -0.501. The number of anilines is 1. The number of hydrogen-bond acceptors (Lipinski definition) is 4. The standard InChI is InChI=1S/C16H20N2O3S/c1-11(2)22(19,20)18-13-5-6-14(16(9-13)21-4)15-10-17-8-7-12(15)3/h5-11,18H,1-4H3. The van der Waals surface area contributed by atoms with Crippen LogP contribution in [0.2, 0.25) is 0 Å². The van der Waals surface area contributed by atoms with Crippen LogP contribution < -0.4 is 9.46 Å². The molecule has 2 rings (SSSR count). The van der Waals surface area contributed by atoms with Crippen molar-refractivity contribution in [2.75, 3.05) is 11.8 Å². The minimum absolute atomic E-state index is 0.482. The Hall–Kier alpha value is -2.08. The van der Waals surface area contributed by atoms with Crippen LogP contribution in [0.1, 0.15) is 19.4 Å². The molecule has 5 nitrogen and oxygen atoms in total. The molecule has 0 aliphatic carbocycles. The average Bonchev–Trinajstić information content (AvgIpc) is 2.47. The monoisotopic (exact) mass is 320 g/mol. The predicted octanol–water partition coefficient (Wildman–Crippen LogP) is 3.22. The lowest BCUT2D eigenvalue weighted by atomic mass is 10.0. The molecule has 0 spiro atoms. The predicted molar refractivity (Wildman–Crippen MR) is 88.6 cm³/mol. The number of rotatable bonds is 5. The fraction of sp³-hybridized carbons (Fsp3) is 0.312. The van der Waals surface area contributed by atoms with Crippen LogP contribution >= 0.6 is 0 Å². The zero-order chi connectivity index (χ0) is 16.3. The minimum atomic E-state index is -3.38. The van der Waals surface area contributed by atoms with Gasteiger partial charge in [-0.25, -0.2) is 8.42 Å². The molecule has 22 heavy (non-hydrogen) atoms. The van der Waals surface area contributed by atoms with Crippen molar-refractivity contribution in [1.29, 1.82) is 0 Å². The maximum Gasteiger partial charge on any atom is 0.235 e. The lowest BCUT2D eigenvalue weighted by Gasteiger charge is -2.15. The normalized spacial score (nSPS) is 11.5. The molecule has 6 heteroatoms. The topological polar surface area (TPSA) is 68.3 Å². The van der Waals surface area contributed by atoms with Gasteiger partial charge in [-0.05, 0) is 44.5 Å². The fourth-order valence-corrected chi connectivity index (χ4v) is 2.70. The Morgan fingerprint density at radius 2 is 1.91 bits per heavy atom. The second-order valence-corrected chi connectivity index (χ2v) is 7.54. The van der Waals surface area contributed by atoms with E-state index in [0.29, 0.717) is 11.4 Å². The molecule has 1 aromatic heterocycles. The molecule has 0 saturated carbocycles. The molecule has 0 amide bonds. The van der Waals surface area contributed by atoms with Gasteiger partial charge in [-0.15, -0.1) is 0 Å². The van der Waals surface area contributed by atoms with E-state index in [-0.39, 0.29) is 0 Å². The number of hydrogen-bond donors (Lipinski definition) is 1. The van der Waals surface area contributed by atoms with E-state index in [1.54, 1.807) is 45.5 Å². The minimum Gasteiger partial charge on any atom is -0.496 e. The molecule has 0 atom stereocenters. The summed E-state index contributed by atoms with van der Waals surface area (Å²) >= 11 is 0. The van der Waals surface area contributed by atoms with Crippen molar-refractivity contribution in [3.63, 3.8) is 0 Å². The third kappa shape index (κ3) is 3.39. The highest BCUT2D eigenvalue weighted by molar-refractivity contribution is 7.93. The Kier molecular flexibility index (Phi) is 4.71. The average molecular weight is 320 g/mol. The van der Waals surface area contributed by atoms with Gasteiger partial charge in [0, 0.05) is 29.6 Å². The summed E-state index contributed by atoms with van der Waals surface area (Å²) < 4.78 is 31.9. The van der Waals surface area contributed by atoms with Gasteiger partial charge in [0.1, 0.15) is 5.75 Å². The molecule has 1 aromatic carbocycles. The van der Waals surface area contributed by atoms with Crippen molar-refractivity contribution in [1.82, 2.24) is 4.98 Å². The highest BCUT2D eigenvalue weighted by atomic mass is 32.2. The van der Waals surface area contributed by atoms with Gasteiger partial charge in [-0.3, -0.25) is 9.71 Å². The van der Waals surface area contributed by atoms with Gasteiger partial charge in [-0.1, -0.05) is 0 Å². The number of sulfonamides is 1. The van der Waals surface area contributed by atoms with E-state index >= 15 is 0 Å². The first-order valence-electron chi connectivity index (χ1n) is 6.96. The zero-order valence-electron chi connectivity index (χ0n) is 13.1. The van der Waals surface area contributed by atoms with Crippen molar-refractivity contribution in [2.24, 2.45) is 0 Å². The zero-order valence-corrected chi connectivity index (χ0v) is 13.9. The van der Waals surface area contributed by atoms with Gasteiger partial charge in [0.2, 0.25) is 10.0 Å². The van der Waals surface area contributed by atoms with E-state index in [2.05, 4.69) is 9.71 Å². The third-order valence-corrected chi connectivity index (χ3v) is 5.17. The summed E-state index contributed by atoms with van der Waals surface area (Å²) in [6.07, 6.45) is 3.50. The van der Waals surface area contributed by atoms with Crippen LogP contribution in [-0.4, -0.2) is 25.8 Å². The highest BCUT2D eigenvalue weighted by Crippen LogP contribution is 2.34. The Balaban J connectivity index is 2.43. The van der Waals surface area contributed by atoms with Gasteiger partial charge < -0.3 is 4.74 Å². The molecule has 118 valence electrons. The Labute approximate surface area is 131 Å². The molecule has 0 fully saturated rings. The molecule has 1 N–H and O–H groups in total. The number of nitrogens with zero attached hydrogens (tertiary/aromatic N) is 1. The van der Waals surface area contributed by atoms with Crippen LogP contribution in [-0.2, 0) is 10.0 Å². The second-order valence-electron chi connectivity index (χ2n) is 5.30. The third-order valence-electron chi connectivity index (χ3n) is 3.41. The summed E-state index contributed by atoms with van der Waals surface area (Å²) in [7, 11) is -1.82. The highest BCUT2D eigenvalue weighted by Gasteiger charge is 2.17. The number of methoxy groups -OCH3 is 1. The molecule has 2 aromatic rings. The quantitative estimate of drug-likeness (QED) is 0.918. The van der Waals surface area contributed by atoms with Gasteiger partial charge in [0.15, 0.2) is 0 Å². The van der Waals surface area contributed by atoms with Crippen LogP contribution in [0.4, 0.5) is 5.69 Å². The summed E-state index contributed by atoms with van der Waals surface area (Å²) in [6.45, 7) is 5.26. The maximum absolute atomic E-state index is 11.9. The molecule has 0 unspecified atom stereocenters. The maximum atomic E-state index is 11.9. The first-order valence-corrected chi connectivity index (χ1v) is 8.50. The number of nitrogens with one attached hydrogen (secondary N) is 1. The lowest BCUT2D eigenvalue weighted by molar-refractivity contribution is 0.416. The van der Waals surface area contributed by atoms with Crippen molar-refractivity contribution < 1.29 is 13.2 Å². The molecule has 1 heterocycles. The molecule has 0 radical (unpaired) electrons. The first kappa shape index (κ1) is 16.3. The van der Waals surface area contributed by atoms with Crippen LogP contribution in [0.3, 0.4) is 0 Å². The van der Waals surface area contributed by atoms with E-state index in [0.717, 1.165) is 16.7 Å². The fourth-order valence-electron chi connectivity index (χ4n) is 2.01. The SMILES string of the molecule is COc1cc(NS(=O)(=O)C(C)C)ccc1-c1cnccc1C. The van der Waals surface area contributed by atoms with Crippen LogP contribution in [0.25, 0.3) is 11.1 Å². The van der Waals surface area contributed by atoms with Crippen molar-refractivity contribution in [3.8, 4) is 16.9 Å². The van der Waals surface area contributed by atoms with Crippen LogP contribution in [0, 0.1) is 6.92 Å². The summed E-state index contributed by atoms with van der Waals surface area (Å²) in [5.74, 6) is 0.597. The summed E-state index contributed by atoms with van der Waals surface area (Å²) in [6, 6.07) is 7.16. The molecule has 0 aliphatic heterocycles. The van der Waals surface area contributed by atoms with E-state index < -0.39 is 15.3 Å². The van der Waals surface area contributed by atoms with Crippen LogP contribution in [0.15, 0.2) is 36.7 Å². The molecule has 0 aliphatic rings. The molecular weight excluding hydrogens is 300 g/mol. The van der Waals surface area contributed by atoms with Gasteiger partial charge in [-0.2, -0.15) is 0 Å². The van der Waals surface area contributed by atoms with E-state index in [4.69, 9.17) is 4.74 Å². The van der Waals surface area contributed by atoms with E-state index in [1.807, 2.05) is 19.1 Å². The largest absolute Gasteiger partial charge is 0.496 e. The molecule has 0 saturated heterocycles. The number of ether oxygens (including phenoxy) is 1. The lowest BCUT2D eigenvalue weighted by Crippen LogP contribution is -2.22. The number of pyridine rings is 1. The van der Waals surface area contributed by atoms with Crippen molar-refractivity contribution in [2.45, 2.75) is 26.0 Å². The van der Waals surface area contributed by atoms with Crippen LogP contribution in [0.5, 0.6) is 5.75 Å². The number of aromatic nitrogens is 1. The second kappa shape index (κ2) is 6.36.